The van der Waals surface area contributed by atoms with Gasteiger partial charge >= 0.3 is 0 Å². The van der Waals surface area contributed by atoms with Crippen LogP contribution in [0.5, 0.6) is 0 Å². The summed E-state index contributed by atoms with van der Waals surface area (Å²) in [5, 5.41) is 3.51. The van der Waals surface area contributed by atoms with Crippen molar-refractivity contribution in [3.8, 4) is 0 Å². The Balaban J connectivity index is 1.74. The summed E-state index contributed by atoms with van der Waals surface area (Å²) in [4.78, 5) is 8.75. The fourth-order valence-corrected chi connectivity index (χ4v) is 2.79. The average Bonchev–Trinajstić information content (AvgIpc) is 3.21. The largest absolute Gasteiger partial charge is 0.369 e. The molecule has 2 fully saturated rings. The normalized spacial score (nSPS) is 20.6. The van der Waals surface area contributed by atoms with Crippen LogP contribution in [0.1, 0.15) is 37.1 Å². The minimum Gasteiger partial charge on any atom is -0.369 e. The third-order valence-corrected chi connectivity index (χ3v) is 4.34. The second kappa shape index (κ2) is 4.09. The average molecular weight is 247 g/mol. The summed E-state index contributed by atoms with van der Waals surface area (Å²) < 4.78 is 0. The van der Waals surface area contributed by atoms with E-state index in [4.69, 9.17) is 5.84 Å². The van der Waals surface area contributed by atoms with E-state index < -0.39 is 0 Å². The van der Waals surface area contributed by atoms with Crippen LogP contribution in [0.3, 0.4) is 0 Å². The van der Waals surface area contributed by atoms with E-state index in [0.29, 0.717) is 11.2 Å². The maximum absolute atomic E-state index is 5.47. The number of aryl methyl sites for hydroxylation is 1. The molecule has 0 radical (unpaired) electrons. The maximum Gasteiger partial charge on any atom is 0.148 e. The lowest BCUT2D eigenvalue weighted by Crippen LogP contribution is -2.20. The quantitative estimate of drug-likeness (QED) is 0.548. The van der Waals surface area contributed by atoms with Gasteiger partial charge in [-0.2, -0.15) is 0 Å². The summed E-state index contributed by atoms with van der Waals surface area (Å²) in [6, 6.07) is 0. The molecule has 2 saturated carbocycles. The number of nitrogen functional groups attached to an aromatic ring is 1. The molecular weight excluding hydrogens is 226 g/mol. The Labute approximate surface area is 108 Å². The van der Waals surface area contributed by atoms with Crippen LogP contribution in [0, 0.1) is 25.2 Å². The molecule has 1 aromatic rings. The van der Waals surface area contributed by atoms with Crippen molar-refractivity contribution in [2.45, 2.75) is 39.5 Å². The van der Waals surface area contributed by atoms with Crippen molar-refractivity contribution >= 4 is 11.6 Å². The standard InChI is InChI=1S/C13H21N5/c1-8-11(16-9(2)17-12(8)18-14)15-7-13(5-6-13)10-3-4-10/h10H,3-7,14H2,1-2H3,(H2,15,16,17,18). The van der Waals surface area contributed by atoms with Gasteiger partial charge in [-0.3, -0.25) is 0 Å². The van der Waals surface area contributed by atoms with Crippen molar-refractivity contribution in [3.05, 3.63) is 11.4 Å². The van der Waals surface area contributed by atoms with Gasteiger partial charge in [-0.1, -0.05) is 0 Å². The van der Waals surface area contributed by atoms with Crippen LogP contribution in [0.2, 0.25) is 0 Å². The zero-order chi connectivity index (χ0) is 12.8. The number of hydrogen-bond donors (Lipinski definition) is 3. The maximum atomic E-state index is 5.47. The van der Waals surface area contributed by atoms with E-state index in [9.17, 15) is 0 Å². The highest BCUT2D eigenvalue weighted by Gasteiger charge is 2.53. The molecule has 0 amide bonds. The van der Waals surface area contributed by atoms with Crippen molar-refractivity contribution in [1.29, 1.82) is 0 Å². The first-order chi connectivity index (χ1) is 8.64. The fourth-order valence-electron chi connectivity index (χ4n) is 2.79. The van der Waals surface area contributed by atoms with Crippen molar-refractivity contribution in [1.82, 2.24) is 9.97 Å². The molecule has 5 nitrogen and oxygen atoms in total. The van der Waals surface area contributed by atoms with Gasteiger partial charge in [-0.15, -0.1) is 0 Å². The van der Waals surface area contributed by atoms with E-state index in [1.807, 2.05) is 13.8 Å². The SMILES string of the molecule is Cc1nc(NN)c(C)c(NCC2(C3CC3)CC2)n1. The monoisotopic (exact) mass is 247 g/mol. The molecule has 2 aliphatic rings. The summed E-state index contributed by atoms with van der Waals surface area (Å²) in [5.41, 5.74) is 4.20. The summed E-state index contributed by atoms with van der Waals surface area (Å²) in [7, 11) is 0. The van der Waals surface area contributed by atoms with Crippen molar-refractivity contribution in [2.75, 3.05) is 17.3 Å². The van der Waals surface area contributed by atoms with Crippen molar-refractivity contribution in [3.63, 3.8) is 0 Å². The molecule has 0 spiro atoms. The second-order valence-corrected chi connectivity index (χ2v) is 5.73. The van der Waals surface area contributed by atoms with E-state index in [2.05, 4.69) is 20.7 Å². The van der Waals surface area contributed by atoms with Crippen molar-refractivity contribution in [2.24, 2.45) is 17.2 Å². The van der Waals surface area contributed by atoms with Gasteiger partial charge in [0.05, 0.1) is 0 Å². The Morgan fingerprint density at radius 2 is 1.89 bits per heavy atom. The van der Waals surface area contributed by atoms with Gasteiger partial charge in [0.25, 0.3) is 0 Å². The minimum atomic E-state index is 0.571. The molecule has 0 atom stereocenters. The Morgan fingerprint density at radius 1 is 1.22 bits per heavy atom. The molecule has 4 N–H and O–H groups in total. The number of hydrogen-bond acceptors (Lipinski definition) is 5. The first-order valence-electron chi connectivity index (χ1n) is 6.70. The molecule has 0 saturated heterocycles. The number of nitrogens with two attached hydrogens (primary N) is 1. The minimum absolute atomic E-state index is 0.571. The first kappa shape index (κ1) is 11.7. The number of hydrazine groups is 1. The number of rotatable bonds is 5. The van der Waals surface area contributed by atoms with Crippen LogP contribution in [-0.2, 0) is 0 Å². The van der Waals surface area contributed by atoms with Gasteiger partial charge in [0.15, 0.2) is 0 Å². The molecule has 0 aromatic carbocycles. The van der Waals surface area contributed by atoms with Gasteiger partial charge in [0.2, 0.25) is 0 Å². The Kier molecular flexibility index (Phi) is 2.66. The van der Waals surface area contributed by atoms with Crippen molar-refractivity contribution < 1.29 is 0 Å². The molecule has 18 heavy (non-hydrogen) atoms. The van der Waals surface area contributed by atoms with Crippen LogP contribution < -0.4 is 16.6 Å². The lowest BCUT2D eigenvalue weighted by molar-refractivity contribution is 0.466. The van der Waals surface area contributed by atoms with Crippen LogP contribution in [-0.4, -0.2) is 16.5 Å². The van der Waals surface area contributed by atoms with E-state index in [-0.39, 0.29) is 0 Å². The molecule has 0 aliphatic heterocycles. The van der Waals surface area contributed by atoms with Crippen LogP contribution >= 0.6 is 0 Å². The highest BCUT2D eigenvalue weighted by molar-refractivity contribution is 5.56. The number of anilines is 2. The lowest BCUT2D eigenvalue weighted by Gasteiger charge is -2.17. The highest BCUT2D eigenvalue weighted by Crippen LogP contribution is 2.61. The van der Waals surface area contributed by atoms with E-state index in [0.717, 1.165) is 29.7 Å². The Morgan fingerprint density at radius 3 is 2.44 bits per heavy atom. The van der Waals surface area contributed by atoms with E-state index in [1.54, 1.807) is 0 Å². The van der Waals surface area contributed by atoms with Gasteiger partial charge in [-0.05, 0) is 50.9 Å². The van der Waals surface area contributed by atoms with Crippen LogP contribution in [0.25, 0.3) is 0 Å². The summed E-state index contributed by atoms with van der Waals surface area (Å²) in [6.07, 6.45) is 5.57. The third kappa shape index (κ3) is 2.03. The highest BCUT2D eigenvalue weighted by atomic mass is 15.3. The predicted molar refractivity (Wildman–Crippen MR) is 72.2 cm³/mol. The first-order valence-corrected chi connectivity index (χ1v) is 6.70. The lowest BCUT2D eigenvalue weighted by atomic mass is 10.0. The Bertz CT molecular complexity index is 463. The molecule has 0 bridgehead atoms. The molecule has 98 valence electrons. The number of aromatic nitrogens is 2. The molecule has 1 heterocycles. The molecular formula is C13H21N5. The van der Waals surface area contributed by atoms with Crippen LogP contribution in [0.4, 0.5) is 11.6 Å². The molecule has 2 aliphatic carbocycles. The van der Waals surface area contributed by atoms with E-state index >= 15 is 0 Å². The zero-order valence-corrected chi connectivity index (χ0v) is 11.1. The van der Waals surface area contributed by atoms with Crippen LogP contribution in [0.15, 0.2) is 0 Å². The summed E-state index contributed by atoms with van der Waals surface area (Å²) in [6.45, 7) is 4.92. The van der Waals surface area contributed by atoms with E-state index in [1.165, 1.54) is 25.7 Å². The van der Waals surface area contributed by atoms with Gasteiger partial charge < -0.3 is 10.7 Å². The zero-order valence-electron chi connectivity index (χ0n) is 11.1. The Hall–Kier alpha value is -1.36. The predicted octanol–water partition coefficient (Wildman–Crippen LogP) is 1.98. The molecule has 0 unspecified atom stereocenters. The van der Waals surface area contributed by atoms with Gasteiger partial charge in [-0.25, -0.2) is 15.8 Å². The summed E-state index contributed by atoms with van der Waals surface area (Å²) >= 11 is 0. The third-order valence-electron chi connectivity index (χ3n) is 4.34. The smallest absolute Gasteiger partial charge is 0.148 e. The fraction of sp³-hybridized carbons (Fsp3) is 0.692. The molecule has 1 aromatic heterocycles. The number of nitrogens with one attached hydrogen (secondary N) is 2. The van der Waals surface area contributed by atoms with Gasteiger partial charge in [0, 0.05) is 12.1 Å². The molecule has 5 heteroatoms. The summed E-state index contributed by atoms with van der Waals surface area (Å²) in [5.74, 6) is 8.80. The van der Waals surface area contributed by atoms with Gasteiger partial charge in [0.1, 0.15) is 17.5 Å². The number of nitrogens with zero attached hydrogens (tertiary/aromatic N) is 2. The molecule has 3 rings (SSSR count). The second-order valence-electron chi connectivity index (χ2n) is 5.73. The topological polar surface area (TPSA) is 75.9 Å².